The highest BCUT2D eigenvalue weighted by Gasteiger charge is 2.31. The number of halogens is 4. The zero-order valence-corrected chi connectivity index (χ0v) is 11.3. The molecule has 0 N–H and O–H groups in total. The molecule has 0 unspecified atom stereocenters. The summed E-state index contributed by atoms with van der Waals surface area (Å²) in [7, 11) is 1.10. The second-order valence-corrected chi connectivity index (χ2v) is 4.58. The van der Waals surface area contributed by atoms with Crippen molar-refractivity contribution in [1.82, 2.24) is 9.88 Å². The molecule has 1 heterocycles. The van der Waals surface area contributed by atoms with Gasteiger partial charge in [-0.3, -0.25) is 4.79 Å². The lowest BCUT2D eigenvalue weighted by molar-refractivity contribution is -0.138. The van der Waals surface area contributed by atoms with Gasteiger partial charge in [0.1, 0.15) is 11.7 Å². The van der Waals surface area contributed by atoms with E-state index in [1.807, 2.05) is 6.92 Å². The first kappa shape index (κ1) is 15.8. The lowest BCUT2D eigenvalue weighted by Crippen LogP contribution is -2.35. The van der Waals surface area contributed by atoms with Crippen LogP contribution < -0.4 is 0 Å². The molecule has 0 aliphatic carbocycles. The normalized spacial score (nSPS) is 11.5. The first-order valence-corrected chi connectivity index (χ1v) is 6.09. The molecule has 0 aromatic carbocycles. The standard InChI is InChI=1S/C12H14ClF3N2O/c1-3-4-9-5-8(6-10(13)17-9)11(19)18(2)7-12(14,15)16/h5-6H,3-4,7H2,1-2H3. The number of alkyl halides is 3. The van der Waals surface area contributed by atoms with Crippen molar-refractivity contribution < 1.29 is 18.0 Å². The molecule has 7 heteroatoms. The highest BCUT2D eigenvalue weighted by Crippen LogP contribution is 2.18. The molecule has 0 radical (unpaired) electrons. The number of rotatable bonds is 4. The van der Waals surface area contributed by atoms with Crippen LogP contribution in [0.2, 0.25) is 5.15 Å². The lowest BCUT2D eigenvalue weighted by atomic mass is 10.1. The number of aromatic nitrogens is 1. The van der Waals surface area contributed by atoms with Crippen LogP contribution >= 0.6 is 11.6 Å². The Labute approximate surface area is 114 Å². The number of nitrogens with zero attached hydrogens (tertiary/aromatic N) is 2. The van der Waals surface area contributed by atoms with Gasteiger partial charge in [-0.15, -0.1) is 0 Å². The Kier molecular flexibility index (Phi) is 5.17. The van der Waals surface area contributed by atoms with Gasteiger partial charge < -0.3 is 4.90 Å². The summed E-state index contributed by atoms with van der Waals surface area (Å²) in [5, 5.41) is 0.106. The number of carbonyl (C=O) groups excluding carboxylic acids is 1. The number of pyridine rings is 1. The Morgan fingerprint density at radius 1 is 1.42 bits per heavy atom. The predicted octanol–water partition coefficient (Wildman–Crippen LogP) is 3.32. The number of carbonyl (C=O) groups is 1. The molecule has 1 rings (SSSR count). The van der Waals surface area contributed by atoms with Gasteiger partial charge in [0.25, 0.3) is 5.91 Å². The van der Waals surface area contributed by atoms with Gasteiger partial charge >= 0.3 is 6.18 Å². The zero-order chi connectivity index (χ0) is 14.6. The first-order valence-electron chi connectivity index (χ1n) is 5.71. The van der Waals surface area contributed by atoms with Crippen molar-refractivity contribution in [3.05, 3.63) is 28.5 Å². The smallest absolute Gasteiger partial charge is 0.333 e. The Hall–Kier alpha value is -1.30. The maximum absolute atomic E-state index is 12.2. The van der Waals surface area contributed by atoms with Gasteiger partial charge in [-0.25, -0.2) is 4.98 Å². The third-order valence-electron chi connectivity index (χ3n) is 2.36. The van der Waals surface area contributed by atoms with Crippen molar-refractivity contribution in [3.8, 4) is 0 Å². The van der Waals surface area contributed by atoms with E-state index in [1.165, 1.54) is 12.1 Å². The minimum Gasteiger partial charge on any atom is -0.333 e. The molecule has 3 nitrogen and oxygen atoms in total. The van der Waals surface area contributed by atoms with Crippen LogP contribution in [0, 0.1) is 0 Å². The van der Waals surface area contributed by atoms with Crippen LogP contribution in [-0.2, 0) is 6.42 Å². The van der Waals surface area contributed by atoms with E-state index >= 15 is 0 Å². The van der Waals surface area contributed by atoms with E-state index in [0.717, 1.165) is 13.5 Å². The summed E-state index contributed by atoms with van der Waals surface area (Å²) in [6, 6.07) is 2.75. The van der Waals surface area contributed by atoms with Gasteiger partial charge in [0.15, 0.2) is 0 Å². The molecule has 0 bridgehead atoms. The van der Waals surface area contributed by atoms with Crippen molar-refractivity contribution >= 4 is 17.5 Å². The summed E-state index contributed by atoms with van der Waals surface area (Å²) in [5.41, 5.74) is 0.717. The monoisotopic (exact) mass is 294 g/mol. The number of amides is 1. The average molecular weight is 295 g/mol. The third kappa shape index (κ3) is 5.06. The van der Waals surface area contributed by atoms with E-state index in [-0.39, 0.29) is 10.7 Å². The van der Waals surface area contributed by atoms with Crippen molar-refractivity contribution in [2.75, 3.05) is 13.6 Å². The molecule has 1 aromatic heterocycles. The molecular formula is C12H14ClF3N2O. The van der Waals surface area contributed by atoms with Crippen LogP contribution in [0.3, 0.4) is 0 Å². The van der Waals surface area contributed by atoms with E-state index in [4.69, 9.17) is 11.6 Å². The fraction of sp³-hybridized carbons (Fsp3) is 0.500. The summed E-state index contributed by atoms with van der Waals surface area (Å²) >= 11 is 5.76. The minimum atomic E-state index is -4.42. The molecule has 0 spiro atoms. The van der Waals surface area contributed by atoms with Gasteiger partial charge in [0.05, 0.1) is 0 Å². The van der Waals surface area contributed by atoms with E-state index in [2.05, 4.69) is 4.98 Å². The van der Waals surface area contributed by atoms with Crippen LogP contribution in [0.25, 0.3) is 0 Å². The molecule has 0 fully saturated rings. The van der Waals surface area contributed by atoms with Gasteiger partial charge in [0, 0.05) is 18.3 Å². The Morgan fingerprint density at radius 2 is 2.05 bits per heavy atom. The highest BCUT2D eigenvalue weighted by molar-refractivity contribution is 6.29. The zero-order valence-electron chi connectivity index (χ0n) is 10.6. The fourth-order valence-corrected chi connectivity index (χ4v) is 1.85. The predicted molar refractivity (Wildman–Crippen MR) is 66.3 cm³/mol. The third-order valence-corrected chi connectivity index (χ3v) is 2.56. The highest BCUT2D eigenvalue weighted by atomic mass is 35.5. The van der Waals surface area contributed by atoms with Crippen molar-refractivity contribution in [2.45, 2.75) is 25.9 Å². The first-order chi connectivity index (χ1) is 8.73. The van der Waals surface area contributed by atoms with E-state index in [0.29, 0.717) is 17.0 Å². The van der Waals surface area contributed by atoms with E-state index < -0.39 is 18.6 Å². The van der Waals surface area contributed by atoms with Gasteiger partial charge in [-0.05, 0) is 18.6 Å². The van der Waals surface area contributed by atoms with Crippen LogP contribution in [0.15, 0.2) is 12.1 Å². The molecule has 0 atom stereocenters. The summed E-state index contributed by atoms with van der Waals surface area (Å²) in [6.45, 7) is 0.634. The molecule has 1 amide bonds. The SMILES string of the molecule is CCCc1cc(C(=O)N(C)CC(F)(F)F)cc(Cl)n1. The topological polar surface area (TPSA) is 33.2 Å². The van der Waals surface area contributed by atoms with Crippen LogP contribution in [0.5, 0.6) is 0 Å². The van der Waals surface area contributed by atoms with Gasteiger partial charge in [0.2, 0.25) is 0 Å². The Bertz CT molecular complexity index is 463. The second kappa shape index (κ2) is 6.23. The molecule has 0 saturated heterocycles. The maximum Gasteiger partial charge on any atom is 0.406 e. The molecule has 1 aromatic rings. The quantitative estimate of drug-likeness (QED) is 0.798. The fourth-order valence-electron chi connectivity index (χ4n) is 1.62. The molecule has 19 heavy (non-hydrogen) atoms. The maximum atomic E-state index is 12.2. The molecule has 0 aliphatic heterocycles. The minimum absolute atomic E-state index is 0.106. The average Bonchev–Trinajstić information content (AvgIpc) is 2.25. The van der Waals surface area contributed by atoms with Crippen molar-refractivity contribution in [1.29, 1.82) is 0 Å². The van der Waals surface area contributed by atoms with Gasteiger partial charge in [-0.1, -0.05) is 24.9 Å². The molecule has 0 aliphatic rings. The van der Waals surface area contributed by atoms with Crippen LogP contribution in [0.1, 0.15) is 29.4 Å². The number of aryl methyl sites for hydroxylation is 1. The second-order valence-electron chi connectivity index (χ2n) is 4.20. The van der Waals surface area contributed by atoms with Crippen molar-refractivity contribution in [3.63, 3.8) is 0 Å². The van der Waals surface area contributed by atoms with E-state index in [1.54, 1.807) is 0 Å². The molecule has 0 saturated carbocycles. The molecular weight excluding hydrogens is 281 g/mol. The summed E-state index contributed by atoms with van der Waals surface area (Å²) in [5.74, 6) is -0.723. The van der Waals surface area contributed by atoms with Crippen LogP contribution in [-0.4, -0.2) is 35.6 Å². The van der Waals surface area contributed by atoms with Crippen molar-refractivity contribution in [2.24, 2.45) is 0 Å². The number of hydrogen-bond acceptors (Lipinski definition) is 2. The lowest BCUT2D eigenvalue weighted by Gasteiger charge is -2.19. The Morgan fingerprint density at radius 3 is 2.58 bits per heavy atom. The molecule has 106 valence electrons. The van der Waals surface area contributed by atoms with Gasteiger partial charge in [-0.2, -0.15) is 13.2 Å². The largest absolute Gasteiger partial charge is 0.406 e. The Balaban J connectivity index is 2.92. The summed E-state index contributed by atoms with van der Waals surface area (Å²) in [4.78, 5) is 16.5. The summed E-state index contributed by atoms with van der Waals surface area (Å²) in [6.07, 6.45) is -3.00. The number of hydrogen-bond donors (Lipinski definition) is 0. The van der Waals surface area contributed by atoms with E-state index in [9.17, 15) is 18.0 Å². The summed E-state index contributed by atoms with van der Waals surface area (Å²) < 4.78 is 36.7. The van der Waals surface area contributed by atoms with Crippen LogP contribution in [0.4, 0.5) is 13.2 Å².